The van der Waals surface area contributed by atoms with Gasteiger partial charge >= 0.3 is 12.1 Å². The Kier molecular flexibility index (Phi) is 17.8. The highest BCUT2D eigenvalue weighted by atomic mass is 127. The number of carbonyl (C=O) groups is 12. The van der Waals surface area contributed by atoms with E-state index in [1.54, 1.807) is 172 Å². The van der Waals surface area contributed by atoms with Crippen molar-refractivity contribution in [2.75, 3.05) is 32.9 Å². The number of urea groups is 2. The van der Waals surface area contributed by atoms with Gasteiger partial charge in [0.05, 0.1) is 0 Å². The van der Waals surface area contributed by atoms with Crippen LogP contribution in [-0.2, 0) is 9.59 Å². The highest BCUT2D eigenvalue weighted by Crippen LogP contribution is 2.32. The maximum atomic E-state index is 12.7. The number of nitrogen functional groups attached to an aromatic ring is 1. The molecule has 2 heterocycles. The number of hydrogen-bond donors (Lipinski definition) is 3. The summed E-state index contributed by atoms with van der Waals surface area (Å²) in [6.07, 6.45) is 5.05. The van der Waals surface area contributed by atoms with Crippen molar-refractivity contribution >= 4 is 121 Å². The van der Waals surface area contributed by atoms with Gasteiger partial charge in [-0.1, -0.05) is 115 Å². The number of halogens is 2. The standard InChI is InChI=1S/C21H14N2O4.2C14H7IO2.C14H9NO2.C7H8N2O2/c1-23-11-13(20(26)22-21(23)27)8-6-12-7-9-16-17(10-12)19(25)15-5-3-2-4-14(15)18(16)24;3*15-8-5-6-11-12(7-8)14(17)10-4-2-1-3-9(10)13(11)16;1-3-5-4-9(2)7(11)8-6(5)10/h2-5,7,9-10,13H,11H2,1H3,(H,22,26,27);2*1-7H;1-7H,15H2;1,5H,4H2,2H3,(H,8,10,11). The fourth-order valence-electron chi connectivity index (χ4n) is 10.3. The third-order valence-electron chi connectivity index (χ3n) is 14.9. The predicted octanol–water partition coefficient (Wildman–Crippen LogP) is 9.21. The van der Waals surface area contributed by atoms with E-state index in [9.17, 15) is 57.5 Å². The van der Waals surface area contributed by atoms with Gasteiger partial charge < -0.3 is 15.5 Å². The molecule has 8 aromatic rings. The van der Waals surface area contributed by atoms with E-state index >= 15 is 0 Å². The Labute approximate surface area is 535 Å². The maximum absolute atomic E-state index is 12.7. The lowest BCUT2D eigenvalue weighted by Crippen LogP contribution is -2.52. The molecule has 2 unspecified atom stereocenters. The van der Waals surface area contributed by atoms with Crippen molar-refractivity contribution in [1.82, 2.24) is 20.4 Å². The van der Waals surface area contributed by atoms with Gasteiger partial charge in [0.15, 0.2) is 46.3 Å². The third kappa shape index (κ3) is 12.4. The zero-order chi connectivity index (χ0) is 63.5. The Morgan fingerprint density at radius 1 is 0.382 bits per heavy atom. The van der Waals surface area contributed by atoms with Crippen LogP contribution in [0.2, 0.25) is 0 Å². The molecular formula is C70H45I2N5O12. The molecule has 4 N–H and O–H groups in total. The van der Waals surface area contributed by atoms with E-state index in [0.717, 1.165) is 7.14 Å². The van der Waals surface area contributed by atoms with Gasteiger partial charge in [0.1, 0.15) is 11.8 Å². The molecule has 2 fully saturated rings. The third-order valence-corrected chi connectivity index (χ3v) is 16.3. The lowest BCUT2D eigenvalue weighted by atomic mass is 9.83. The molecular weight excluding hydrogens is 1360 g/mol. The van der Waals surface area contributed by atoms with Crippen LogP contribution in [0.25, 0.3) is 0 Å². The van der Waals surface area contributed by atoms with Gasteiger partial charge in [-0.2, -0.15) is 0 Å². The minimum Gasteiger partial charge on any atom is -0.399 e. The summed E-state index contributed by atoms with van der Waals surface area (Å²) < 4.78 is 1.92. The van der Waals surface area contributed by atoms with Crippen LogP contribution in [0.3, 0.4) is 0 Å². The summed E-state index contributed by atoms with van der Waals surface area (Å²) in [4.78, 5) is 146. The molecule has 2 atom stereocenters. The second kappa shape index (κ2) is 25.8. The van der Waals surface area contributed by atoms with Gasteiger partial charge in [-0.3, -0.25) is 58.6 Å². The van der Waals surface area contributed by atoms with E-state index in [4.69, 9.17) is 12.2 Å². The molecule has 6 aliphatic rings. The monoisotopic (exact) mass is 1400 g/mol. The second-order valence-electron chi connectivity index (χ2n) is 20.7. The SMILES string of the molecule is C#CC1CN(C)C(=O)NC1=O.CN1CC(C#Cc2ccc3c(c2)C(=O)c2ccccc2C3=O)C(=O)NC1=O.Nc1ccc2c(c1)C(=O)c1ccccc1C2=O.O=C1c2ccccc2C(=O)c2cc(I)ccc21.O=C1c2ccccc2C(=O)c2cc(I)ccc21. The number of imide groups is 2. The lowest BCUT2D eigenvalue weighted by Gasteiger charge is -2.26. The molecule has 19 heteroatoms. The van der Waals surface area contributed by atoms with Crippen LogP contribution in [0.15, 0.2) is 170 Å². The van der Waals surface area contributed by atoms with Gasteiger partial charge in [0.2, 0.25) is 11.8 Å². The van der Waals surface area contributed by atoms with Gasteiger partial charge in [-0.25, -0.2) is 9.59 Å². The summed E-state index contributed by atoms with van der Waals surface area (Å²) in [7, 11) is 3.17. The number of nitrogens with one attached hydrogen (secondary N) is 2. The second-order valence-corrected chi connectivity index (χ2v) is 23.1. The van der Waals surface area contributed by atoms with E-state index in [1.165, 1.54) is 9.80 Å². The van der Waals surface area contributed by atoms with Crippen molar-refractivity contribution in [3.8, 4) is 24.2 Å². The number of benzene rings is 8. The van der Waals surface area contributed by atoms with Crippen LogP contribution in [-0.4, -0.2) is 107 Å². The van der Waals surface area contributed by atoms with E-state index in [1.807, 2.05) is 12.1 Å². The normalized spacial score (nSPS) is 16.1. The van der Waals surface area contributed by atoms with Gasteiger partial charge in [-0.15, -0.1) is 6.42 Å². The number of amides is 6. The van der Waals surface area contributed by atoms with Crippen molar-refractivity contribution in [1.29, 1.82) is 0 Å². The number of fused-ring (bicyclic) bond motifs is 8. The highest BCUT2D eigenvalue weighted by Gasteiger charge is 2.34. The molecule has 0 saturated carbocycles. The van der Waals surface area contributed by atoms with Crippen molar-refractivity contribution in [2.24, 2.45) is 11.8 Å². The molecule has 0 radical (unpaired) electrons. The number of anilines is 1. The molecule has 0 bridgehead atoms. The molecule has 6 amide bonds. The number of nitrogens with two attached hydrogens (primary N) is 1. The molecule has 2 saturated heterocycles. The van der Waals surface area contributed by atoms with Crippen LogP contribution in [0.5, 0.6) is 0 Å². The zero-order valence-corrected chi connectivity index (χ0v) is 51.3. The Balaban J connectivity index is 0.000000126. The van der Waals surface area contributed by atoms with Gasteiger partial charge in [0.25, 0.3) is 0 Å². The number of ketones is 8. The number of rotatable bonds is 0. The minimum absolute atomic E-state index is 0.0614. The van der Waals surface area contributed by atoms with Crippen molar-refractivity contribution < 1.29 is 57.5 Å². The first-order valence-electron chi connectivity index (χ1n) is 27.1. The number of hydrogen-bond acceptors (Lipinski definition) is 13. The smallest absolute Gasteiger partial charge is 0.323 e. The first kappa shape index (κ1) is 61.5. The first-order valence-corrected chi connectivity index (χ1v) is 29.3. The topological polar surface area (TPSA) is 261 Å². The van der Waals surface area contributed by atoms with Crippen LogP contribution in [0.4, 0.5) is 15.3 Å². The Morgan fingerprint density at radius 2 is 0.663 bits per heavy atom. The maximum Gasteiger partial charge on any atom is 0.323 e. The Morgan fingerprint density at radius 3 is 1.02 bits per heavy atom. The number of carbonyl (C=O) groups excluding carboxylic acids is 12. The van der Waals surface area contributed by atoms with E-state index in [-0.39, 0.29) is 64.7 Å². The summed E-state index contributed by atoms with van der Waals surface area (Å²) in [6.45, 7) is 0.508. The van der Waals surface area contributed by atoms with Gasteiger partial charge in [-0.05, 0) is 118 Å². The lowest BCUT2D eigenvalue weighted by molar-refractivity contribution is -0.124. The molecule has 2 aliphatic heterocycles. The molecule has 14 rings (SSSR count). The van der Waals surface area contributed by atoms with Crippen LogP contribution in [0, 0.1) is 43.2 Å². The fourth-order valence-corrected chi connectivity index (χ4v) is 11.3. The Bertz CT molecular complexity index is 4330. The first-order chi connectivity index (χ1) is 42.6. The summed E-state index contributed by atoms with van der Waals surface area (Å²) in [5, 5.41) is 4.37. The summed E-state index contributed by atoms with van der Waals surface area (Å²) >= 11 is 4.28. The highest BCUT2D eigenvalue weighted by molar-refractivity contribution is 14.1. The van der Waals surface area contributed by atoms with Crippen molar-refractivity contribution in [3.05, 3.63) is 272 Å². The number of terminal acetylenes is 1. The summed E-state index contributed by atoms with van der Waals surface area (Å²) in [5.41, 5.74) is 13.9. The predicted molar refractivity (Wildman–Crippen MR) is 344 cm³/mol. The summed E-state index contributed by atoms with van der Waals surface area (Å²) in [6, 6.07) is 47.0. The Hall–Kier alpha value is -10.6. The molecule has 17 nitrogen and oxygen atoms in total. The summed E-state index contributed by atoms with van der Waals surface area (Å²) in [5.74, 6) is 5.13. The molecule has 436 valence electrons. The van der Waals surface area contributed by atoms with Crippen molar-refractivity contribution in [2.45, 2.75) is 0 Å². The van der Waals surface area contributed by atoms with Gasteiger partial charge in [0, 0.05) is 135 Å². The molecule has 8 aromatic carbocycles. The number of nitrogens with zero attached hydrogens (tertiary/aromatic N) is 2. The van der Waals surface area contributed by atoms with Crippen LogP contribution >= 0.6 is 45.2 Å². The van der Waals surface area contributed by atoms with E-state index < -0.39 is 23.8 Å². The molecule has 4 aliphatic carbocycles. The molecule has 0 spiro atoms. The van der Waals surface area contributed by atoms with E-state index in [2.05, 4.69) is 73.6 Å². The average Bonchev–Trinajstić information content (AvgIpc) is 0.926. The quantitative estimate of drug-likeness (QED) is 0.0727. The average molecular weight is 1400 g/mol. The molecule has 89 heavy (non-hydrogen) atoms. The molecule has 0 aromatic heterocycles. The zero-order valence-electron chi connectivity index (χ0n) is 46.9. The van der Waals surface area contributed by atoms with Crippen LogP contribution < -0.4 is 16.4 Å². The minimum atomic E-state index is -0.651. The fraction of sp³-hybridized carbons (Fsp3) is 0.0857. The largest absolute Gasteiger partial charge is 0.399 e. The van der Waals surface area contributed by atoms with E-state index in [0.29, 0.717) is 107 Å². The van der Waals surface area contributed by atoms with Crippen LogP contribution in [0.1, 0.15) is 133 Å². The van der Waals surface area contributed by atoms with Crippen molar-refractivity contribution in [3.63, 3.8) is 0 Å².